The molecule has 1 unspecified atom stereocenters. The van der Waals surface area contributed by atoms with Gasteiger partial charge in [0.05, 0.1) is 11.7 Å². The van der Waals surface area contributed by atoms with Gasteiger partial charge in [0, 0.05) is 25.2 Å². The van der Waals surface area contributed by atoms with Crippen molar-refractivity contribution < 1.29 is 14.6 Å². The molecule has 2 fully saturated rings. The van der Waals surface area contributed by atoms with E-state index in [2.05, 4.69) is 20.0 Å². The lowest BCUT2D eigenvalue weighted by molar-refractivity contribution is 0.0447. The Labute approximate surface area is 193 Å². The highest BCUT2D eigenvalue weighted by Gasteiger charge is 2.38. The first-order valence-corrected chi connectivity index (χ1v) is 11.8. The molecule has 2 aromatic rings. The third-order valence-electron chi connectivity index (χ3n) is 7.68. The fourth-order valence-electron chi connectivity index (χ4n) is 5.47. The first kappa shape index (κ1) is 21.6. The number of halogens is 1. The predicted octanol–water partition coefficient (Wildman–Crippen LogP) is 3.52. The SMILES string of the molecule is Cc1c(C(O)CN2CCC3(CC2)CCN(c2ccc(Cl)nn2)CC3)ccc2c1COC2=O. The Morgan fingerprint density at radius 1 is 1.09 bits per heavy atom. The second-order valence-corrected chi connectivity index (χ2v) is 9.79. The number of aromatic nitrogens is 2. The Morgan fingerprint density at radius 2 is 1.81 bits per heavy atom. The van der Waals surface area contributed by atoms with E-state index in [4.69, 9.17) is 16.3 Å². The lowest BCUT2D eigenvalue weighted by Gasteiger charge is -2.47. The maximum absolute atomic E-state index is 11.8. The van der Waals surface area contributed by atoms with Gasteiger partial charge in [0.15, 0.2) is 11.0 Å². The second kappa shape index (κ2) is 8.61. The number of ether oxygens (including phenoxy) is 1. The summed E-state index contributed by atoms with van der Waals surface area (Å²) in [5.74, 6) is 0.640. The number of β-amino-alcohol motifs (C(OH)–C–C–N with tert-alkyl or cyclic N) is 1. The van der Waals surface area contributed by atoms with E-state index < -0.39 is 6.10 Å². The Balaban J connectivity index is 1.15. The molecule has 7 nitrogen and oxygen atoms in total. The molecule has 32 heavy (non-hydrogen) atoms. The molecule has 8 heteroatoms. The molecule has 3 aliphatic rings. The molecule has 1 spiro atoms. The lowest BCUT2D eigenvalue weighted by Crippen LogP contribution is -2.47. The highest BCUT2D eigenvalue weighted by atomic mass is 35.5. The summed E-state index contributed by atoms with van der Waals surface area (Å²) in [5, 5.41) is 19.6. The van der Waals surface area contributed by atoms with Gasteiger partial charge in [-0.15, -0.1) is 10.2 Å². The average Bonchev–Trinajstić information content (AvgIpc) is 3.18. The summed E-state index contributed by atoms with van der Waals surface area (Å²) in [6, 6.07) is 7.42. The van der Waals surface area contributed by atoms with Crippen LogP contribution in [0.4, 0.5) is 5.82 Å². The van der Waals surface area contributed by atoms with Crippen LogP contribution in [0.5, 0.6) is 0 Å². The van der Waals surface area contributed by atoms with Gasteiger partial charge in [-0.1, -0.05) is 17.7 Å². The van der Waals surface area contributed by atoms with Crippen molar-refractivity contribution in [2.24, 2.45) is 5.41 Å². The van der Waals surface area contributed by atoms with Gasteiger partial charge < -0.3 is 19.6 Å². The molecule has 0 saturated carbocycles. The molecule has 3 aliphatic heterocycles. The topological polar surface area (TPSA) is 78.8 Å². The molecule has 0 amide bonds. The van der Waals surface area contributed by atoms with Gasteiger partial charge in [-0.3, -0.25) is 0 Å². The number of fused-ring (bicyclic) bond motifs is 1. The molecule has 0 radical (unpaired) electrons. The van der Waals surface area contributed by atoms with E-state index >= 15 is 0 Å². The van der Waals surface area contributed by atoms with Gasteiger partial charge in [-0.25, -0.2) is 4.79 Å². The summed E-state index contributed by atoms with van der Waals surface area (Å²) in [4.78, 5) is 16.4. The number of aliphatic hydroxyl groups excluding tert-OH is 1. The number of esters is 1. The van der Waals surface area contributed by atoms with Gasteiger partial charge in [0.25, 0.3) is 0 Å². The number of hydrogen-bond donors (Lipinski definition) is 1. The van der Waals surface area contributed by atoms with Crippen molar-refractivity contribution in [2.45, 2.75) is 45.3 Å². The number of aliphatic hydroxyl groups is 1. The molecular weight excluding hydrogens is 428 g/mol. The Hall–Kier alpha value is -2.22. The summed E-state index contributed by atoms with van der Waals surface area (Å²) in [5.41, 5.74) is 3.82. The Kier molecular flexibility index (Phi) is 5.82. The van der Waals surface area contributed by atoms with Gasteiger partial charge in [0.1, 0.15) is 6.61 Å². The van der Waals surface area contributed by atoms with Crippen molar-refractivity contribution in [1.29, 1.82) is 0 Å². The van der Waals surface area contributed by atoms with Crippen LogP contribution in [0.1, 0.15) is 58.8 Å². The van der Waals surface area contributed by atoms with Crippen molar-refractivity contribution in [2.75, 3.05) is 37.6 Å². The van der Waals surface area contributed by atoms with E-state index in [1.807, 2.05) is 19.1 Å². The second-order valence-electron chi connectivity index (χ2n) is 9.40. The normalized spacial score (nSPS) is 21.5. The molecule has 1 aromatic heterocycles. The molecule has 5 rings (SSSR count). The van der Waals surface area contributed by atoms with Crippen LogP contribution < -0.4 is 4.90 Å². The summed E-state index contributed by atoms with van der Waals surface area (Å²) in [6.07, 6.45) is 4.07. The highest BCUT2D eigenvalue weighted by molar-refractivity contribution is 6.29. The zero-order valence-electron chi connectivity index (χ0n) is 18.4. The summed E-state index contributed by atoms with van der Waals surface area (Å²) in [7, 11) is 0. The standard InChI is InChI=1S/C24H29ClN4O3/c1-16-17(2-3-18-19(16)15-32-23(18)31)20(30)14-28-10-6-24(7-11-28)8-12-29(13-9-24)22-5-4-21(25)26-27-22/h2-5,20,30H,6-15H2,1H3. The minimum absolute atomic E-state index is 0.264. The third-order valence-corrected chi connectivity index (χ3v) is 7.88. The molecular formula is C24H29ClN4O3. The number of benzene rings is 1. The van der Waals surface area contributed by atoms with Gasteiger partial charge in [-0.05, 0) is 80.4 Å². The first-order valence-electron chi connectivity index (χ1n) is 11.4. The fraction of sp³-hybridized carbons (Fsp3) is 0.542. The minimum atomic E-state index is -0.560. The van der Waals surface area contributed by atoms with Crippen molar-refractivity contribution in [3.63, 3.8) is 0 Å². The molecule has 0 bridgehead atoms. The molecule has 1 aromatic carbocycles. The smallest absolute Gasteiger partial charge is 0.338 e. The maximum atomic E-state index is 11.8. The monoisotopic (exact) mass is 456 g/mol. The summed E-state index contributed by atoms with van der Waals surface area (Å²) in [6.45, 7) is 6.90. The largest absolute Gasteiger partial charge is 0.457 e. The Morgan fingerprint density at radius 3 is 2.50 bits per heavy atom. The molecule has 170 valence electrons. The number of carbonyl (C=O) groups excluding carboxylic acids is 1. The van der Waals surface area contributed by atoms with Gasteiger partial charge in [-0.2, -0.15) is 0 Å². The van der Waals surface area contributed by atoms with Crippen LogP contribution in [0.25, 0.3) is 0 Å². The van der Waals surface area contributed by atoms with Crippen LogP contribution in [0.2, 0.25) is 5.15 Å². The summed E-state index contributed by atoms with van der Waals surface area (Å²) < 4.78 is 5.15. The molecule has 2 saturated heterocycles. The lowest BCUT2D eigenvalue weighted by atomic mass is 9.71. The third kappa shape index (κ3) is 4.09. The van der Waals surface area contributed by atoms with Gasteiger partial charge in [0.2, 0.25) is 0 Å². The highest BCUT2D eigenvalue weighted by Crippen LogP contribution is 2.42. The van der Waals surface area contributed by atoms with Crippen LogP contribution in [-0.4, -0.2) is 58.9 Å². The quantitative estimate of drug-likeness (QED) is 0.705. The van der Waals surface area contributed by atoms with E-state index in [1.165, 1.54) is 0 Å². The van der Waals surface area contributed by atoms with E-state index in [1.54, 1.807) is 12.1 Å². The number of likely N-dealkylation sites (tertiary alicyclic amines) is 1. The number of piperidine rings is 2. The van der Waals surface area contributed by atoms with Crippen molar-refractivity contribution in [3.8, 4) is 0 Å². The van der Waals surface area contributed by atoms with Crippen molar-refractivity contribution in [3.05, 3.63) is 51.7 Å². The number of rotatable bonds is 4. The molecule has 1 atom stereocenters. The Bertz CT molecular complexity index is 995. The van der Waals surface area contributed by atoms with Crippen LogP contribution in [-0.2, 0) is 11.3 Å². The van der Waals surface area contributed by atoms with Crippen LogP contribution in [0, 0.1) is 12.3 Å². The number of nitrogens with zero attached hydrogens (tertiary/aromatic N) is 4. The van der Waals surface area contributed by atoms with Gasteiger partial charge >= 0.3 is 5.97 Å². The van der Waals surface area contributed by atoms with Crippen LogP contribution in [0.3, 0.4) is 0 Å². The van der Waals surface area contributed by atoms with E-state index in [9.17, 15) is 9.90 Å². The van der Waals surface area contributed by atoms with E-state index in [-0.39, 0.29) is 5.97 Å². The number of carbonyl (C=O) groups is 1. The van der Waals surface area contributed by atoms with E-state index in [0.717, 1.165) is 74.4 Å². The summed E-state index contributed by atoms with van der Waals surface area (Å²) >= 11 is 5.86. The number of hydrogen-bond acceptors (Lipinski definition) is 7. The number of anilines is 1. The zero-order valence-corrected chi connectivity index (χ0v) is 19.1. The zero-order chi connectivity index (χ0) is 22.3. The first-order chi connectivity index (χ1) is 15.4. The van der Waals surface area contributed by atoms with Crippen molar-refractivity contribution in [1.82, 2.24) is 15.1 Å². The molecule has 4 heterocycles. The average molecular weight is 457 g/mol. The molecule has 1 N–H and O–H groups in total. The van der Waals surface area contributed by atoms with Crippen LogP contribution in [0.15, 0.2) is 24.3 Å². The van der Waals surface area contributed by atoms with Crippen LogP contribution >= 0.6 is 11.6 Å². The molecule has 0 aliphatic carbocycles. The fourth-order valence-corrected chi connectivity index (χ4v) is 5.57. The predicted molar refractivity (Wildman–Crippen MR) is 122 cm³/mol. The minimum Gasteiger partial charge on any atom is -0.457 e. The van der Waals surface area contributed by atoms with Crippen molar-refractivity contribution >= 4 is 23.4 Å². The van der Waals surface area contributed by atoms with E-state index in [0.29, 0.717) is 29.3 Å². The number of cyclic esters (lactones) is 1. The maximum Gasteiger partial charge on any atom is 0.338 e.